The van der Waals surface area contributed by atoms with Crippen LogP contribution in [0.4, 0.5) is 5.69 Å². The topological polar surface area (TPSA) is 41.6 Å². The number of likely N-dealkylation sites (tertiary alicyclic amines) is 1. The normalized spacial score (nSPS) is 17.9. The Kier molecular flexibility index (Phi) is 5.94. The first kappa shape index (κ1) is 18.5. The van der Waals surface area contributed by atoms with Crippen molar-refractivity contribution in [2.24, 2.45) is 5.92 Å². The summed E-state index contributed by atoms with van der Waals surface area (Å²) in [5.74, 6) is 0.998. The van der Waals surface area contributed by atoms with Gasteiger partial charge in [-0.3, -0.25) is 4.79 Å². The highest BCUT2D eigenvalue weighted by atomic mass is 16.5. The number of piperidine rings is 1. The van der Waals surface area contributed by atoms with Gasteiger partial charge in [0, 0.05) is 23.8 Å². The number of amides is 1. The van der Waals surface area contributed by atoms with Crippen LogP contribution in [0, 0.1) is 5.92 Å². The zero-order valence-corrected chi connectivity index (χ0v) is 15.9. The minimum atomic E-state index is 0.0510. The Hall–Kier alpha value is -2.33. The van der Waals surface area contributed by atoms with Crippen molar-refractivity contribution in [3.8, 4) is 16.9 Å². The minimum Gasteiger partial charge on any atom is -0.497 e. The van der Waals surface area contributed by atoms with Crippen LogP contribution in [0.5, 0.6) is 5.75 Å². The second kappa shape index (κ2) is 8.37. The molecule has 1 N–H and O–H groups in total. The van der Waals surface area contributed by atoms with Crippen LogP contribution >= 0.6 is 0 Å². The van der Waals surface area contributed by atoms with Gasteiger partial charge in [0.15, 0.2) is 0 Å². The molecule has 138 valence electrons. The molecule has 2 aromatic rings. The molecular weight excluding hydrogens is 324 g/mol. The molecule has 1 unspecified atom stereocenters. The summed E-state index contributed by atoms with van der Waals surface area (Å²) in [6.07, 6.45) is 2.04. The fraction of sp³-hybridized carbons (Fsp3) is 0.409. The summed E-state index contributed by atoms with van der Waals surface area (Å²) < 4.78 is 5.23. The van der Waals surface area contributed by atoms with E-state index in [9.17, 15) is 4.79 Å². The van der Waals surface area contributed by atoms with Gasteiger partial charge in [-0.2, -0.15) is 0 Å². The lowest BCUT2D eigenvalue weighted by Crippen LogP contribution is -2.43. The molecule has 1 amide bonds. The van der Waals surface area contributed by atoms with Crippen molar-refractivity contribution in [2.45, 2.75) is 32.7 Å². The molecule has 4 heteroatoms. The van der Waals surface area contributed by atoms with Crippen LogP contribution in [0.1, 0.15) is 26.7 Å². The van der Waals surface area contributed by atoms with E-state index >= 15 is 0 Å². The molecule has 0 spiro atoms. The molecule has 4 nitrogen and oxygen atoms in total. The minimum absolute atomic E-state index is 0.0510. The summed E-state index contributed by atoms with van der Waals surface area (Å²) in [7, 11) is 1.66. The molecule has 1 saturated heterocycles. The number of carbonyl (C=O) groups excluding carboxylic acids is 1. The maximum absolute atomic E-state index is 12.9. The van der Waals surface area contributed by atoms with E-state index in [1.165, 1.54) is 0 Å². The zero-order valence-electron chi connectivity index (χ0n) is 15.9. The van der Waals surface area contributed by atoms with Crippen LogP contribution in [0.15, 0.2) is 48.5 Å². The third kappa shape index (κ3) is 4.25. The molecule has 0 aromatic heterocycles. The smallest absolute Gasteiger partial charge is 0.228 e. The van der Waals surface area contributed by atoms with E-state index in [-0.39, 0.29) is 11.8 Å². The first-order valence-corrected chi connectivity index (χ1v) is 9.37. The number of para-hydroxylation sites is 1. The van der Waals surface area contributed by atoms with Gasteiger partial charge in [0.05, 0.1) is 13.0 Å². The number of hydrogen-bond donors (Lipinski definition) is 1. The van der Waals surface area contributed by atoms with Crippen molar-refractivity contribution in [2.75, 3.05) is 25.5 Å². The average molecular weight is 352 g/mol. The van der Waals surface area contributed by atoms with Crippen LogP contribution in [0.2, 0.25) is 0 Å². The van der Waals surface area contributed by atoms with Gasteiger partial charge in [-0.05, 0) is 57.0 Å². The summed E-state index contributed by atoms with van der Waals surface area (Å²) in [5, 5.41) is 3.17. The van der Waals surface area contributed by atoms with Gasteiger partial charge in [-0.1, -0.05) is 30.3 Å². The summed E-state index contributed by atoms with van der Waals surface area (Å²) in [6.45, 7) is 6.32. The van der Waals surface area contributed by atoms with Gasteiger partial charge < -0.3 is 15.0 Å². The molecule has 1 atom stereocenters. The number of carbonyl (C=O) groups is 1. The Morgan fingerprint density at radius 3 is 2.58 bits per heavy atom. The fourth-order valence-electron chi connectivity index (χ4n) is 3.54. The van der Waals surface area contributed by atoms with Gasteiger partial charge in [0.25, 0.3) is 0 Å². The molecule has 0 radical (unpaired) electrons. The monoisotopic (exact) mass is 352 g/mol. The number of hydrogen-bond acceptors (Lipinski definition) is 3. The number of nitrogens with zero attached hydrogens (tertiary/aromatic N) is 1. The van der Waals surface area contributed by atoms with Gasteiger partial charge in [0.2, 0.25) is 5.91 Å². The Morgan fingerprint density at radius 2 is 1.88 bits per heavy atom. The quantitative estimate of drug-likeness (QED) is 0.866. The SMILES string of the molecule is COc1ccc(-c2ccccc2NC(=O)C2CCCN(C(C)C)C2)cc1. The lowest BCUT2D eigenvalue weighted by atomic mass is 9.95. The first-order valence-electron chi connectivity index (χ1n) is 9.37. The molecule has 1 heterocycles. The number of ether oxygens (including phenoxy) is 1. The van der Waals surface area contributed by atoms with Gasteiger partial charge in [0.1, 0.15) is 5.75 Å². The second-order valence-electron chi connectivity index (χ2n) is 7.19. The van der Waals surface area contributed by atoms with Crippen molar-refractivity contribution in [3.63, 3.8) is 0 Å². The molecule has 1 aliphatic rings. The lowest BCUT2D eigenvalue weighted by Gasteiger charge is -2.34. The molecule has 0 saturated carbocycles. The summed E-state index contributed by atoms with van der Waals surface area (Å²) >= 11 is 0. The molecule has 26 heavy (non-hydrogen) atoms. The van der Waals surface area contributed by atoms with E-state index in [1.54, 1.807) is 7.11 Å². The van der Waals surface area contributed by atoms with Gasteiger partial charge in [-0.15, -0.1) is 0 Å². The van der Waals surface area contributed by atoms with Crippen LogP contribution in [0.3, 0.4) is 0 Å². The van der Waals surface area contributed by atoms with Crippen molar-refractivity contribution in [1.82, 2.24) is 4.90 Å². The number of methoxy groups -OCH3 is 1. The lowest BCUT2D eigenvalue weighted by molar-refractivity contribution is -0.121. The molecular formula is C22H28N2O2. The summed E-state index contributed by atoms with van der Waals surface area (Å²) in [4.78, 5) is 15.3. The molecule has 0 aliphatic carbocycles. The Bertz CT molecular complexity index is 740. The highest BCUT2D eigenvalue weighted by Crippen LogP contribution is 2.30. The fourth-order valence-corrected chi connectivity index (χ4v) is 3.54. The van der Waals surface area contributed by atoms with Crippen LogP contribution in [-0.2, 0) is 4.79 Å². The maximum Gasteiger partial charge on any atom is 0.228 e. The summed E-state index contributed by atoms with van der Waals surface area (Å²) in [6, 6.07) is 16.4. The molecule has 0 bridgehead atoms. The van der Waals surface area contributed by atoms with Crippen LogP contribution in [-0.4, -0.2) is 37.0 Å². The Morgan fingerprint density at radius 1 is 1.15 bits per heavy atom. The summed E-state index contributed by atoms with van der Waals surface area (Å²) in [5.41, 5.74) is 2.96. The predicted molar refractivity (Wildman–Crippen MR) is 106 cm³/mol. The highest BCUT2D eigenvalue weighted by Gasteiger charge is 2.27. The van der Waals surface area contributed by atoms with E-state index in [4.69, 9.17) is 4.74 Å². The average Bonchev–Trinajstić information content (AvgIpc) is 2.68. The van der Waals surface area contributed by atoms with E-state index in [2.05, 4.69) is 24.1 Å². The third-order valence-corrected chi connectivity index (χ3v) is 5.14. The van der Waals surface area contributed by atoms with E-state index in [0.717, 1.165) is 48.5 Å². The second-order valence-corrected chi connectivity index (χ2v) is 7.19. The van der Waals surface area contributed by atoms with Crippen molar-refractivity contribution in [1.29, 1.82) is 0 Å². The first-order chi connectivity index (χ1) is 12.6. The number of nitrogens with one attached hydrogen (secondary N) is 1. The number of anilines is 1. The molecule has 3 rings (SSSR count). The number of benzene rings is 2. The van der Waals surface area contributed by atoms with Crippen molar-refractivity contribution < 1.29 is 9.53 Å². The Balaban J connectivity index is 1.76. The van der Waals surface area contributed by atoms with Gasteiger partial charge >= 0.3 is 0 Å². The van der Waals surface area contributed by atoms with Crippen molar-refractivity contribution in [3.05, 3.63) is 48.5 Å². The Labute approximate surface area is 156 Å². The number of rotatable bonds is 5. The van der Waals surface area contributed by atoms with E-state index < -0.39 is 0 Å². The third-order valence-electron chi connectivity index (χ3n) is 5.14. The van der Waals surface area contributed by atoms with Gasteiger partial charge in [-0.25, -0.2) is 0 Å². The largest absolute Gasteiger partial charge is 0.497 e. The molecule has 1 fully saturated rings. The highest BCUT2D eigenvalue weighted by molar-refractivity contribution is 5.97. The standard InChI is InChI=1S/C22H28N2O2/c1-16(2)24-14-6-7-18(15-24)22(25)23-21-9-5-4-8-20(21)17-10-12-19(26-3)13-11-17/h4-5,8-13,16,18H,6-7,14-15H2,1-3H3,(H,23,25). The molecule has 2 aromatic carbocycles. The predicted octanol–water partition coefficient (Wildman–Crippen LogP) is 4.42. The van der Waals surface area contributed by atoms with Crippen molar-refractivity contribution >= 4 is 11.6 Å². The van der Waals surface area contributed by atoms with Crippen LogP contribution in [0.25, 0.3) is 11.1 Å². The maximum atomic E-state index is 12.9. The zero-order chi connectivity index (χ0) is 18.5. The van der Waals surface area contributed by atoms with E-state index in [0.29, 0.717) is 6.04 Å². The van der Waals surface area contributed by atoms with E-state index in [1.807, 2.05) is 48.5 Å². The van der Waals surface area contributed by atoms with Crippen LogP contribution < -0.4 is 10.1 Å². The molecule has 1 aliphatic heterocycles.